The second kappa shape index (κ2) is 6.92. The molecule has 1 radical (unpaired) electrons. The summed E-state index contributed by atoms with van der Waals surface area (Å²) >= 11 is -0.806. The number of hydrogen-bond acceptors (Lipinski definition) is 0. The van der Waals surface area contributed by atoms with Crippen molar-refractivity contribution in [3.8, 4) is 0 Å². The van der Waals surface area contributed by atoms with Gasteiger partial charge in [-0.3, -0.25) is 0 Å². The van der Waals surface area contributed by atoms with Crippen molar-refractivity contribution in [1.82, 2.24) is 0 Å². The van der Waals surface area contributed by atoms with Crippen LogP contribution < -0.4 is 0 Å². The van der Waals surface area contributed by atoms with Crippen LogP contribution in [0.3, 0.4) is 0 Å². The van der Waals surface area contributed by atoms with Crippen molar-refractivity contribution in [1.29, 1.82) is 0 Å². The van der Waals surface area contributed by atoms with Crippen LogP contribution in [0.25, 0.3) is 0 Å². The third kappa shape index (κ3) is 4.05. The van der Waals surface area contributed by atoms with Crippen LogP contribution in [-0.4, -0.2) is 14.3 Å². The van der Waals surface area contributed by atoms with Gasteiger partial charge < -0.3 is 0 Å². The molecular formula is C12H27Ge. The Balaban J connectivity index is 4.34. The Hall–Kier alpha value is 0.543. The number of hydrogen-bond donors (Lipinski definition) is 0. The first-order valence-corrected chi connectivity index (χ1v) is 9.58. The van der Waals surface area contributed by atoms with Gasteiger partial charge >= 0.3 is 89.4 Å². The van der Waals surface area contributed by atoms with Gasteiger partial charge in [-0.05, 0) is 0 Å². The van der Waals surface area contributed by atoms with Crippen LogP contribution in [0.1, 0.15) is 60.8 Å². The SMILES string of the molecule is CC[CH](C)[Ge]([CH](C)CC)[CH](C)CC. The van der Waals surface area contributed by atoms with Crippen molar-refractivity contribution in [2.75, 3.05) is 0 Å². The van der Waals surface area contributed by atoms with Crippen LogP contribution in [0, 0.1) is 0 Å². The van der Waals surface area contributed by atoms with Gasteiger partial charge in [0.15, 0.2) is 0 Å². The summed E-state index contributed by atoms with van der Waals surface area (Å²) < 4.78 is 3.18. The molecule has 0 spiro atoms. The first-order chi connectivity index (χ1) is 6.08. The van der Waals surface area contributed by atoms with Gasteiger partial charge in [0, 0.05) is 0 Å². The zero-order chi connectivity index (χ0) is 10.4. The van der Waals surface area contributed by atoms with Crippen molar-refractivity contribution in [2.24, 2.45) is 0 Å². The molecule has 0 fully saturated rings. The van der Waals surface area contributed by atoms with Crippen LogP contribution in [0.2, 0.25) is 14.3 Å². The van der Waals surface area contributed by atoms with E-state index in [1.165, 1.54) is 19.3 Å². The third-order valence-corrected chi connectivity index (χ3v) is 13.3. The Morgan fingerprint density at radius 3 is 1.08 bits per heavy atom. The Bertz CT molecular complexity index is 98.5. The standard InChI is InChI=1S/C12H27Ge/c1-7-10(4)13(11(5)8-2)12(6)9-3/h10-12H,7-9H2,1-6H3. The monoisotopic (exact) mass is 245 g/mol. The van der Waals surface area contributed by atoms with Gasteiger partial charge in [0.25, 0.3) is 0 Å². The normalized spacial score (nSPS) is 18.7. The summed E-state index contributed by atoms with van der Waals surface area (Å²) in [5.74, 6) is 0. The Labute approximate surface area is 89.6 Å². The van der Waals surface area contributed by atoms with Gasteiger partial charge in [0.1, 0.15) is 0 Å². The van der Waals surface area contributed by atoms with E-state index in [0.717, 1.165) is 14.3 Å². The number of rotatable bonds is 6. The van der Waals surface area contributed by atoms with Crippen LogP contribution in [0.5, 0.6) is 0 Å². The summed E-state index contributed by atoms with van der Waals surface area (Å²) in [6.45, 7) is 14.6. The van der Waals surface area contributed by atoms with Gasteiger partial charge in [0.05, 0.1) is 0 Å². The minimum absolute atomic E-state index is 0.806. The summed E-state index contributed by atoms with van der Waals surface area (Å²) in [6, 6.07) is 0. The first-order valence-electron chi connectivity index (χ1n) is 5.94. The summed E-state index contributed by atoms with van der Waals surface area (Å²) in [5, 5.41) is 0. The molecule has 3 unspecified atom stereocenters. The Kier molecular flexibility index (Phi) is 7.21. The van der Waals surface area contributed by atoms with Crippen molar-refractivity contribution in [3.05, 3.63) is 0 Å². The molecule has 1 heteroatoms. The first kappa shape index (κ1) is 13.5. The van der Waals surface area contributed by atoms with E-state index >= 15 is 0 Å². The molecule has 0 aromatic rings. The van der Waals surface area contributed by atoms with Crippen LogP contribution in [-0.2, 0) is 0 Å². The minimum atomic E-state index is -0.806. The molecule has 0 heterocycles. The second-order valence-corrected chi connectivity index (χ2v) is 12.7. The Morgan fingerprint density at radius 1 is 0.692 bits per heavy atom. The fourth-order valence-corrected chi connectivity index (χ4v) is 11.2. The molecule has 13 heavy (non-hydrogen) atoms. The van der Waals surface area contributed by atoms with Crippen LogP contribution >= 0.6 is 0 Å². The van der Waals surface area contributed by atoms with E-state index in [9.17, 15) is 0 Å². The molecule has 0 saturated heterocycles. The van der Waals surface area contributed by atoms with E-state index < -0.39 is 14.3 Å². The molecular weight excluding hydrogens is 217 g/mol. The summed E-state index contributed by atoms with van der Waals surface area (Å²) in [5.41, 5.74) is 0. The van der Waals surface area contributed by atoms with Gasteiger partial charge in [0.2, 0.25) is 0 Å². The van der Waals surface area contributed by atoms with Gasteiger partial charge in [-0.15, -0.1) is 0 Å². The predicted octanol–water partition coefficient (Wildman–Crippen LogP) is 4.88. The molecule has 0 aliphatic carbocycles. The van der Waals surface area contributed by atoms with E-state index in [-0.39, 0.29) is 0 Å². The van der Waals surface area contributed by atoms with Crippen molar-refractivity contribution in [3.63, 3.8) is 0 Å². The molecule has 0 N–H and O–H groups in total. The van der Waals surface area contributed by atoms with Gasteiger partial charge in [-0.25, -0.2) is 0 Å². The molecule has 79 valence electrons. The molecule has 0 saturated carbocycles. The summed E-state index contributed by atoms with van der Waals surface area (Å²) in [7, 11) is 0. The quantitative estimate of drug-likeness (QED) is 0.584. The van der Waals surface area contributed by atoms with E-state index in [2.05, 4.69) is 41.5 Å². The molecule has 0 aliphatic heterocycles. The zero-order valence-corrected chi connectivity index (χ0v) is 12.5. The van der Waals surface area contributed by atoms with Crippen LogP contribution in [0.4, 0.5) is 0 Å². The maximum absolute atomic E-state index is 2.49. The molecule has 0 rings (SSSR count). The summed E-state index contributed by atoms with van der Waals surface area (Å²) in [4.78, 5) is 0. The third-order valence-electron chi connectivity index (χ3n) is 3.54. The molecule has 3 atom stereocenters. The van der Waals surface area contributed by atoms with Gasteiger partial charge in [-0.2, -0.15) is 0 Å². The topological polar surface area (TPSA) is 0 Å². The van der Waals surface area contributed by atoms with Crippen LogP contribution in [0.15, 0.2) is 0 Å². The van der Waals surface area contributed by atoms with Crippen molar-refractivity contribution in [2.45, 2.75) is 75.1 Å². The molecule has 0 aromatic carbocycles. The summed E-state index contributed by atoms with van der Waals surface area (Å²) in [6.07, 6.45) is 4.22. The predicted molar refractivity (Wildman–Crippen MR) is 64.9 cm³/mol. The van der Waals surface area contributed by atoms with E-state index in [0.29, 0.717) is 0 Å². The van der Waals surface area contributed by atoms with E-state index in [1.807, 2.05) is 0 Å². The fraction of sp³-hybridized carbons (Fsp3) is 1.00. The molecule has 0 amide bonds. The zero-order valence-electron chi connectivity index (χ0n) is 10.4. The Morgan fingerprint density at radius 2 is 0.923 bits per heavy atom. The average molecular weight is 244 g/mol. The molecule has 0 aromatic heterocycles. The maximum atomic E-state index is 2.49. The average Bonchev–Trinajstić information content (AvgIpc) is 2.16. The van der Waals surface area contributed by atoms with Gasteiger partial charge in [-0.1, -0.05) is 0 Å². The molecule has 0 bridgehead atoms. The van der Waals surface area contributed by atoms with Crippen molar-refractivity contribution >= 4 is 14.3 Å². The van der Waals surface area contributed by atoms with E-state index in [4.69, 9.17) is 0 Å². The molecule has 0 nitrogen and oxygen atoms in total. The fourth-order valence-electron chi connectivity index (χ4n) is 2.16. The molecule has 0 aliphatic rings. The van der Waals surface area contributed by atoms with E-state index in [1.54, 1.807) is 0 Å². The second-order valence-electron chi connectivity index (χ2n) is 4.43. The van der Waals surface area contributed by atoms with Crippen molar-refractivity contribution < 1.29 is 0 Å².